The van der Waals surface area contributed by atoms with Crippen LogP contribution in [0.5, 0.6) is 5.88 Å². The number of nitrogens with one attached hydrogen (secondary N) is 1. The molecule has 5 heteroatoms. The van der Waals surface area contributed by atoms with Crippen LogP contribution in [0, 0.1) is 0 Å². The predicted octanol–water partition coefficient (Wildman–Crippen LogP) is 4.36. The van der Waals surface area contributed by atoms with Crippen LogP contribution in [0.25, 0.3) is 11.0 Å². The zero-order valence-electron chi connectivity index (χ0n) is 14.8. The SMILES string of the molecule is COc1ccc(C(=O)NC(c2ccccc2)c2cc3ccccc3o2)cn1. The standard InChI is InChI=1S/C22H18N2O3/c1-26-20-12-11-17(14-23-20)22(25)24-21(15-7-3-2-4-8-15)19-13-16-9-5-6-10-18(16)27-19/h2-14,21H,1H3,(H,24,25). The molecule has 0 bridgehead atoms. The Kier molecular flexibility index (Phi) is 4.58. The molecule has 2 aromatic heterocycles. The van der Waals surface area contributed by atoms with Crippen molar-refractivity contribution in [3.8, 4) is 5.88 Å². The number of carbonyl (C=O) groups excluding carboxylic acids is 1. The Morgan fingerprint density at radius 3 is 2.52 bits per heavy atom. The summed E-state index contributed by atoms with van der Waals surface area (Å²) in [5, 5.41) is 4.05. The van der Waals surface area contributed by atoms with Crippen LogP contribution in [0.1, 0.15) is 27.7 Å². The Balaban J connectivity index is 1.68. The van der Waals surface area contributed by atoms with Crippen LogP contribution in [0.2, 0.25) is 0 Å². The van der Waals surface area contributed by atoms with E-state index in [1.54, 1.807) is 12.1 Å². The third-order valence-corrected chi connectivity index (χ3v) is 4.35. The first-order chi connectivity index (χ1) is 13.2. The lowest BCUT2D eigenvalue weighted by Gasteiger charge is -2.17. The number of methoxy groups -OCH3 is 1. The number of aromatic nitrogens is 1. The van der Waals surface area contributed by atoms with E-state index >= 15 is 0 Å². The smallest absolute Gasteiger partial charge is 0.253 e. The summed E-state index contributed by atoms with van der Waals surface area (Å²) in [4.78, 5) is 16.9. The lowest BCUT2D eigenvalue weighted by atomic mass is 10.0. The Labute approximate surface area is 156 Å². The van der Waals surface area contributed by atoms with Crippen LogP contribution in [-0.4, -0.2) is 18.0 Å². The zero-order chi connectivity index (χ0) is 18.6. The van der Waals surface area contributed by atoms with Crippen molar-refractivity contribution in [1.82, 2.24) is 10.3 Å². The fraction of sp³-hybridized carbons (Fsp3) is 0.0909. The van der Waals surface area contributed by atoms with Gasteiger partial charge in [0, 0.05) is 17.6 Å². The highest BCUT2D eigenvalue weighted by atomic mass is 16.5. The quantitative estimate of drug-likeness (QED) is 0.576. The molecule has 5 nitrogen and oxygen atoms in total. The number of nitrogens with zero attached hydrogens (tertiary/aromatic N) is 1. The Morgan fingerprint density at radius 1 is 1.04 bits per heavy atom. The monoisotopic (exact) mass is 358 g/mol. The number of pyridine rings is 1. The van der Waals surface area contributed by atoms with E-state index in [1.807, 2.05) is 60.7 Å². The summed E-state index contributed by atoms with van der Waals surface area (Å²) in [5.74, 6) is 0.903. The summed E-state index contributed by atoms with van der Waals surface area (Å²) in [5.41, 5.74) is 2.17. The number of amides is 1. The predicted molar refractivity (Wildman–Crippen MR) is 103 cm³/mol. The molecule has 0 spiro atoms. The van der Waals surface area contributed by atoms with Gasteiger partial charge >= 0.3 is 0 Å². The molecule has 1 atom stereocenters. The van der Waals surface area contributed by atoms with Crippen molar-refractivity contribution >= 4 is 16.9 Å². The second-order valence-electron chi connectivity index (χ2n) is 6.09. The molecule has 1 N–H and O–H groups in total. The van der Waals surface area contributed by atoms with Gasteiger partial charge in [-0.15, -0.1) is 0 Å². The van der Waals surface area contributed by atoms with Gasteiger partial charge in [0.05, 0.1) is 12.7 Å². The van der Waals surface area contributed by atoms with E-state index in [0.717, 1.165) is 16.5 Å². The molecule has 0 fully saturated rings. The van der Waals surface area contributed by atoms with E-state index in [9.17, 15) is 4.79 Å². The lowest BCUT2D eigenvalue weighted by molar-refractivity contribution is 0.0939. The maximum Gasteiger partial charge on any atom is 0.253 e. The average Bonchev–Trinajstić information content (AvgIpc) is 3.16. The van der Waals surface area contributed by atoms with Gasteiger partial charge in [0.1, 0.15) is 17.4 Å². The van der Waals surface area contributed by atoms with Crippen molar-refractivity contribution in [2.24, 2.45) is 0 Å². The van der Waals surface area contributed by atoms with Crippen molar-refractivity contribution in [3.63, 3.8) is 0 Å². The van der Waals surface area contributed by atoms with Crippen molar-refractivity contribution in [1.29, 1.82) is 0 Å². The first-order valence-corrected chi connectivity index (χ1v) is 8.59. The number of benzene rings is 2. The first-order valence-electron chi connectivity index (χ1n) is 8.59. The van der Waals surface area contributed by atoms with Gasteiger partial charge in [0.25, 0.3) is 5.91 Å². The van der Waals surface area contributed by atoms with Gasteiger partial charge in [-0.2, -0.15) is 0 Å². The average molecular weight is 358 g/mol. The normalized spacial score (nSPS) is 11.9. The molecule has 0 radical (unpaired) electrons. The maximum atomic E-state index is 12.8. The molecule has 1 unspecified atom stereocenters. The summed E-state index contributed by atoms with van der Waals surface area (Å²) in [7, 11) is 1.54. The maximum absolute atomic E-state index is 12.8. The highest BCUT2D eigenvalue weighted by Gasteiger charge is 2.21. The zero-order valence-corrected chi connectivity index (χ0v) is 14.8. The molecule has 27 heavy (non-hydrogen) atoms. The van der Waals surface area contributed by atoms with Crippen LogP contribution in [0.15, 0.2) is 83.4 Å². The minimum Gasteiger partial charge on any atom is -0.481 e. The first kappa shape index (κ1) is 16.8. The van der Waals surface area contributed by atoms with Gasteiger partial charge in [-0.1, -0.05) is 48.5 Å². The molecular weight excluding hydrogens is 340 g/mol. The van der Waals surface area contributed by atoms with Gasteiger partial charge in [-0.3, -0.25) is 4.79 Å². The molecule has 0 aliphatic rings. The third-order valence-electron chi connectivity index (χ3n) is 4.35. The molecular formula is C22H18N2O3. The van der Waals surface area contributed by atoms with Crippen molar-refractivity contribution < 1.29 is 13.9 Å². The van der Waals surface area contributed by atoms with Gasteiger partial charge in [-0.25, -0.2) is 4.98 Å². The number of hydrogen-bond donors (Lipinski definition) is 1. The van der Waals surface area contributed by atoms with Crippen LogP contribution in [-0.2, 0) is 0 Å². The second kappa shape index (κ2) is 7.33. The molecule has 2 aromatic carbocycles. The largest absolute Gasteiger partial charge is 0.481 e. The van der Waals surface area contributed by atoms with E-state index in [1.165, 1.54) is 13.3 Å². The Morgan fingerprint density at radius 2 is 1.81 bits per heavy atom. The number of rotatable bonds is 5. The highest BCUT2D eigenvalue weighted by molar-refractivity contribution is 5.94. The van der Waals surface area contributed by atoms with Crippen LogP contribution >= 0.6 is 0 Å². The number of ether oxygens (including phenoxy) is 1. The summed E-state index contributed by atoms with van der Waals surface area (Å²) in [6.45, 7) is 0. The summed E-state index contributed by atoms with van der Waals surface area (Å²) < 4.78 is 11.1. The highest BCUT2D eigenvalue weighted by Crippen LogP contribution is 2.28. The molecule has 134 valence electrons. The molecule has 0 aliphatic heterocycles. The number of furan rings is 1. The molecule has 4 aromatic rings. The minimum atomic E-state index is -0.409. The molecule has 0 saturated carbocycles. The second-order valence-corrected chi connectivity index (χ2v) is 6.09. The number of para-hydroxylation sites is 1. The number of carbonyl (C=O) groups is 1. The number of hydrogen-bond acceptors (Lipinski definition) is 4. The Hall–Kier alpha value is -3.60. The summed E-state index contributed by atoms with van der Waals surface area (Å²) in [6, 6.07) is 22.4. The van der Waals surface area contributed by atoms with Gasteiger partial charge in [-0.05, 0) is 23.8 Å². The topological polar surface area (TPSA) is 64.4 Å². The lowest BCUT2D eigenvalue weighted by Crippen LogP contribution is -2.29. The summed E-state index contributed by atoms with van der Waals surface area (Å²) in [6.07, 6.45) is 1.49. The van der Waals surface area contributed by atoms with E-state index < -0.39 is 6.04 Å². The van der Waals surface area contributed by atoms with E-state index in [-0.39, 0.29) is 5.91 Å². The molecule has 2 heterocycles. The van der Waals surface area contributed by atoms with E-state index in [0.29, 0.717) is 17.2 Å². The van der Waals surface area contributed by atoms with Crippen molar-refractivity contribution in [2.75, 3.05) is 7.11 Å². The van der Waals surface area contributed by atoms with Crippen LogP contribution in [0.3, 0.4) is 0 Å². The Bertz CT molecular complexity index is 1020. The van der Waals surface area contributed by atoms with Crippen molar-refractivity contribution in [3.05, 3.63) is 95.9 Å². The van der Waals surface area contributed by atoms with Gasteiger partial charge in [0.15, 0.2) is 0 Å². The fourth-order valence-electron chi connectivity index (χ4n) is 2.96. The molecule has 1 amide bonds. The third kappa shape index (κ3) is 3.53. The van der Waals surface area contributed by atoms with E-state index in [4.69, 9.17) is 9.15 Å². The van der Waals surface area contributed by atoms with E-state index in [2.05, 4.69) is 10.3 Å². The van der Waals surface area contributed by atoms with Gasteiger partial charge < -0.3 is 14.5 Å². The number of fused-ring (bicyclic) bond motifs is 1. The van der Waals surface area contributed by atoms with Crippen LogP contribution < -0.4 is 10.1 Å². The molecule has 0 aliphatic carbocycles. The van der Waals surface area contributed by atoms with Gasteiger partial charge in [0.2, 0.25) is 5.88 Å². The van der Waals surface area contributed by atoms with Crippen LogP contribution in [0.4, 0.5) is 0 Å². The summed E-state index contributed by atoms with van der Waals surface area (Å²) >= 11 is 0. The molecule has 0 saturated heterocycles. The van der Waals surface area contributed by atoms with Crippen molar-refractivity contribution in [2.45, 2.75) is 6.04 Å². The minimum absolute atomic E-state index is 0.237. The fourth-order valence-corrected chi connectivity index (χ4v) is 2.96. The molecule has 4 rings (SSSR count).